The van der Waals surface area contributed by atoms with Crippen LogP contribution in [0.2, 0.25) is 10.0 Å². The van der Waals surface area contributed by atoms with E-state index in [-0.39, 0.29) is 34.1 Å². The van der Waals surface area contributed by atoms with Crippen LogP contribution in [0.25, 0.3) is 0 Å². The van der Waals surface area contributed by atoms with Gasteiger partial charge in [0.2, 0.25) is 15.9 Å². The van der Waals surface area contributed by atoms with Crippen LogP contribution in [0.4, 0.5) is 0 Å². The molecule has 0 aromatic heterocycles. The third-order valence-electron chi connectivity index (χ3n) is 5.76. The molecule has 0 radical (unpaired) electrons. The maximum absolute atomic E-state index is 13.5. The van der Waals surface area contributed by atoms with Crippen molar-refractivity contribution in [1.29, 1.82) is 0 Å². The van der Waals surface area contributed by atoms with E-state index in [2.05, 4.69) is 17.4 Å². The highest BCUT2D eigenvalue weighted by Crippen LogP contribution is 2.29. The largest absolute Gasteiger partial charge is 0.348 e. The van der Waals surface area contributed by atoms with Gasteiger partial charge in [-0.15, -0.1) is 0 Å². The molecule has 0 unspecified atom stereocenters. The average molecular weight is 519 g/mol. The van der Waals surface area contributed by atoms with Crippen molar-refractivity contribution in [2.75, 3.05) is 6.54 Å². The summed E-state index contributed by atoms with van der Waals surface area (Å²) in [5.41, 5.74) is 5.11. The second-order valence-electron chi connectivity index (χ2n) is 8.42. The SMILES string of the molecule is Cc1cc(C)c([C@H](C)NC(=O)CN(Cc2ccccc2)S(=O)(=O)c2cc(Cl)ccc2Cl)cc1C. The number of carbonyl (C=O) groups is 1. The highest BCUT2D eigenvalue weighted by molar-refractivity contribution is 7.89. The smallest absolute Gasteiger partial charge is 0.245 e. The first kappa shape index (κ1) is 26.2. The van der Waals surface area contributed by atoms with Crippen LogP contribution in [0, 0.1) is 20.8 Å². The molecule has 1 atom stereocenters. The number of aryl methyl sites for hydroxylation is 3. The number of hydrogen-bond acceptors (Lipinski definition) is 3. The number of halogens is 2. The Morgan fingerprint density at radius 1 is 0.941 bits per heavy atom. The average Bonchev–Trinajstić information content (AvgIpc) is 2.78. The molecule has 3 rings (SSSR count). The van der Waals surface area contributed by atoms with E-state index in [1.165, 1.54) is 23.8 Å². The molecule has 0 heterocycles. The van der Waals surface area contributed by atoms with Gasteiger partial charge in [-0.2, -0.15) is 4.31 Å². The number of nitrogens with zero attached hydrogens (tertiary/aromatic N) is 1. The fraction of sp³-hybridized carbons (Fsp3) is 0.269. The summed E-state index contributed by atoms with van der Waals surface area (Å²) in [6.07, 6.45) is 0. The van der Waals surface area contributed by atoms with Crippen LogP contribution in [-0.2, 0) is 21.4 Å². The topological polar surface area (TPSA) is 66.5 Å². The second-order valence-corrected chi connectivity index (χ2v) is 11.2. The molecule has 0 saturated heterocycles. The van der Waals surface area contributed by atoms with Crippen molar-refractivity contribution in [3.8, 4) is 0 Å². The van der Waals surface area contributed by atoms with Crippen molar-refractivity contribution >= 4 is 39.1 Å². The molecule has 3 aromatic rings. The zero-order valence-electron chi connectivity index (χ0n) is 19.6. The summed E-state index contributed by atoms with van der Waals surface area (Å²) in [7, 11) is -4.11. The van der Waals surface area contributed by atoms with Gasteiger partial charge in [-0.3, -0.25) is 4.79 Å². The van der Waals surface area contributed by atoms with Gasteiger partial charge in [-0.25, -0.2) is 8.42 Å². The van der Waals surface area contributed by atoms with Crippen molar-refractivity contribution in [1.82, 2.24) is 9.62 Å². The molecule has 0 spiro atoms. The first-order valence-corrected chi connectivity index (χ1v) is 13.0. The monoisotopic (exact) mass is 518 g/mol. The molecule has 1 amide bonds. The number of rotatable bonds is 8. The maximum Gasteiger partial charge on any atom is 0.245 e. The third-order valence-corrected chi connectivity index (χ3v) is 8.27. The third kappa shape index (κ3) is 6.19. The summed E-state index contributed by atoms with van der Waals surface area (Å²) >= 11 is 12.3. The van der Waals surface area contributed by atoms with Crippen molar-refractivity contribution in [3.05, 3.63) is 98.5 Å². The molecule has 0 aliphatic rings. The number of carbonyl (C=O) groups excluding carboxylic acids is 1. The lowest BCUT2D eigenvalue weighted by molar-refractivity contribution is -0.122. The van der Waals surface area contributed by atoms with E-state index in [0.717, 1.165) is 26.6 Å². The van der Waals surface area contributed by atoms with Crippen molar-refractivity contribution in [2.45, 2.75) is 45.2 Å². The number of amides is 1. The van der Waals surface area contributed by atoms with Crippen LogP contribution in [0.3, 0.4) is 0 Å². The molecule has 0 aliphatic heterocycles. The van der Waals surface area contributed by atoms with E-state index in [1.54, 1.807) is 12.1 Å². The van der Waals surface area contributed by atoms with Crippen molar-refractivity contribution in [3.63, 3.8) is 0 Å². The van der Waals surface area contributed by atoms with Crippen LogP contribution in [0.15, 0.2) is 65.6 Å². The molecular weight excluding hydrogens is 491 g/mol. The number of nitrogens with one attached hydrogen (secondary N) is 1. The van der Waals surface area contributed by atoms with Crippen LogP contribution < -0.4 is 5.32 Å². The summed E-state index contributed by atoms with van der Waals surface area (Å²) in [5.74, 6) is -0.414. The molecule has 5 nitrogen and oxygen atoms in total. The Bertz CT molecular complexity index is 1290. The Balaban J connectivity index is 1.89. The molecule has 0 aliphatic carbocycles. The van der Waals surface area contributed by atoms with E-state index in [0.29, 0.717) is 0 Å². The van der Waals surface area contributed by atoms with E-state index in [1.807, 2.05) is 45.9 Å². The molecule has 0 bridgehead atoms. The normalized spacial score (nSPS) is 12.6. The van der Waals surface area contributed by atoms with Gasteiger partial charge in [-0.1, -0.05) is 65.7 Å². The first-order chi connectivity index (χ1) is 16.0. The zero-order valence-corrected chi connectivity index (χ0v) is 21.9. The van der Waals surface area contributed by atoms with Gasteiger partial charge in [0.25, 0.3) is 0 Å². The predicted molar refractivity (Wildman–Crippen MR) is 138 cm³/mol. The van der Waals surface area contributed by atoms with Gasteiger partial charge in [0.15, 0.2) is 0 Å². The predicted octanol–water partition coefficient (Wildman–Crippen LogP) is 5.99. The highest BCUT2D eigenvalue weighted by atomic mass is 35.5. The summed E-state index contributed by atoms with van der Waals surface area (Å²) in [5, 5.41) is 3.23. The summed E-state index contributed by atoms with van der Waals surface area (Å²) in [6.45, 7) is 7.60. The lowest BCUT2D eigenvalue weighted by atomic mass is 9.96. The highest BCUT2D eigenvalue weighted by Gasteiger charge is 2.29. The Morgan fingerprint density at radius 3 is 2.26 bits per heavy atom. The quantitative estimate of drug-likeness (QED) is 0.398. The molecule has 8 heteroatoms. The van der Waals surface area contributed by atoms with Crippen molar-refractivity contribution < 1.29 is 13.2 Å². The van der Waals surface area contributed by atoms with E-state index in [9.17, 15) is 13.2 Å². The van der Waals surface area contributed by atoms with E-state index < -0.39 is 15.9 Å². The Kier molecular flexibility index (Phi) is 8.42. The van der Waals surface area contributed by atoms with Crippen LogP contribution in [0.5, 0.6) is 0 Å². The summed E-state index contributed by atoms with van der Waals surface area (Å²) in [6, 6.07) is 17.2. The van der Waals surface area contributed by atoms with Crippen LogP contribution in [0.1, 0.15) is 40.8 Å². The van der Waals surface area contributed by atoms with Gasteiger partial charge in [-0.05, 0) is 73.7 Å². The zero-order chi connectivity index (χ0) is 25.0. The van der Waals surface area contributed by atoms with Gasteiger partial charge in [0.05, 0.1) is 17.6 Å². The Labute approximate surface area is 211 Å². The van der Waals surface area contributed by atoms with Crippen molar-refractivity contribution in [2.24, 2.45) is 0 Å². The Hall–Kier alpha value is -2.38. The minimum atomic E-state index is -4.11. The lowest BCUT2D eigenvalue weighted by Crippen LogP contribution is -2.41. The first-order valence-electron chi connectivity index (χ1n) is 10.8. The van der Waals surface area contributed by atoms with E-state index in [4.69, 9.17) is 23.2 Å². The fourth-order valence-electron chi connectivity index (χ4n) is 3.80. The van der Waals surface area contributed by atoms with Crippen LogP contribution in [-0.4, -0.2) is 25.2 Å². The molecule has 34 heavy (non-hydrogen) atoms. The number of hydrogen-bond donors (Lipinski definition) is 1. The minimum Gasteiger partial charge on any atom is -0.348 e. The molecule has 3 aromatic carbocycles. The van der Waals surface area contributed by atoms with Gasteiger partial charge in [0.1, 0.15) is 4.90 Å². The molecule has 0 saturated carbocycles. The van der Waals surface area contributed by atoms with Gasteiger partial charge >= 0.3 is 0 Å². The molecule has 180 valence electrons. The molecule has 1 N–H and O–H groups in total. The summed E-state index contributed by atoms with van der Waals surface area (Å²) < 4.78 is 28.2. The standard InChI is InChI=1S/C26H28Cl2N2O3S/c1-17-12-19(3)23(13-18(17)2)20(4)29-26(31)16-30(15-21-8-6-5-7-9-21)34(32,33)25-14-22(27)10-11-24(25)28/h5-14,20H,15-16H2,1-4H3,(H,29,31)/t20-/m0/s1. The van der Waals surface area contributed by atoms with E-state index >= 15 is 0 Å². The lowest BCUT2D eigenvalue weighted by Gasteiger charge is -2.24. The minimum absolute atomic E-state index is 0.0104. The maximum atomic E-state index is 13.5. The van der Waals surface area contributed by atoms with Crippen LogP contribution >= 0.6 is 23.2 Å². The van der Waals surface area contributed by atoms with Gasteiger partial charge in [0, 0.05) is 11.6 Å². The molecule has 0 fully saturated rings. The van der Waals surface area contributed by atoms with Gasteiger partial charge < -0.3 is 5.32 Å². The number of benzene rings is 3. The Morgan fingerprint density at radius 2 is 1.59 bits per heavy atom. The second kappa shape index (κ2) is 10.9. The number of sulfonamides is 1. The summed E-state index contributed by atoms with van der Waals surface area (Å²) in [4.78, 5) is 12.9. The fourth-order valence-corrected chi connectivity index (χ4v) is 5.92. The molecular formula is C26H28Cl2N2O3S.